The van der Waals surface area contributed by atoms with Crippen LogP contribution in [0, 0.1) is 5.82 Å². The number of carbonyl (C=O) groups excluding carboxylic acids is 1. The van der Waals surface area contributed by atoms with E-state index >= 15 is 0 Å². The lowest BCUT2D eigenvalue weighted by Crippen LogP contribution is -2.46. The Morgan fingerprint density at radius 1 is 1.32 bits per heavy atom. The van der Waals surface area contributed by atoms with Gasteiger partial charge in [-0.3, -0.25) is 14.5 Å². The lowest BCUT2D eigenvalue weighted by Gasteiger charge is -2.33. The maximum absolute atomic E-state index is 13.8. The maximum atomic E-state index is 13.8. The second-order valence-electron chi connectivity index (χ2n) is 6.08. The molecule has 10 heteroatoms. The van der Waals surface area contributed by atoms with Crippen molar-refractivity contribution in [1.29, 1.82) is 0 Å². The highest BCUT2D eigenvalue weighted by molar-refractivity contribution is 7.19. The van der Waals surface area contributed by atoms with Gasteiger partial charge in [0.2, 0.25) is 0 Å². The van der Waals surface area contributed by atoms with Gasteiger partial charge >= 0.3 is 5.97 Å². The fraction of sp³-hybridized carbons (Fsp3) is 0.167. The summed E-state index contributed by atoms with van der Waals surface area (Å²) in [6, 6.07) is 6.98. The van der Waals surface area contributed by atoms with E-state index in [1.54, 1.807) is 12.1 Å². The third-order valence-corrected chi connectivity index (χ3v) is 5.85. The van der Waals surface area contributed by atoms with E-state index in [2.05, 4.69) is 4.98 Å². The maximum Gasteiger partial charge on any atom is 0.307 e. The molecular formula is C18H11Cl2FN2O4S. The number of hydrogen-bond acceptors (Lipinski definition) is 5. The molecule has 0 aliphatic carbocycles. The summed E-state index contributed by atoms with van der Waals surface area (Å²) in [5, 5.41) is 10.5. The van der Waals surface area contributed by atoms with E-state index < -0.39 is 30.2 Å². The van der Waals surface area contributed by atoms with Crippen molar-refractivity contribution >= 4 is 62.3 Å². The fourth-order valence-corrected chi connectivity index (χ4v) is 4.49. The lowest BCUT2D eigenvalue weighted by atomic mass is 10.1. The molecule has 0 fully saturated rings. The Balaban J connectivity index is 1.74. The number of thiazole rings is 1. The molecule has 0 saturated heterocycles. The first kappa shape index (κ1) is 18.9. The van der Waals surface area contributed by atoms with Crippen LogP contribution in [0.1, 0.15) is 11.4 Å². The number of ether oxygens (including phenoxy) is 1. The van der Waals surface area contributed by atoms with Crippen molar-refractivity contribution in [1.82, 2.24) is 4.98 Å². The van der Waals surface area contributed by atoms with Crippen molar-refractivity contribution in [3.05, 3.63) is 51.2 Å². The molecule has 1 atom stereocenters. The molecule has 1 aliphatic heterocycles. The number of benzene rings is 2. The van der Waals surface area contributed by atoms with Crippen molar-refractivity contribution in [2.24, 2.45) is 0 Å². The van der Waals surface area contributed by atoms with E-state index in [9.17, 15) is 14.0 Å². The van der Waals surface area contributed by atoms with Gasteiger partial charge < -0.3 is 9.84 Å². The van der Waals surface area contributed by atoms with Crippen LogP contribution in [0.2, 0.25) is 10.0 Å². The zero-order valence-electron chi connectivity index (χ0n) is 14.0. The molecule has 0 bridgehead atoms. The highest BCUT2D eigenvalue weighted by Gasteiger charge is 2.36. The number of nitrogens with zero attached hydrogens (tertiary/aromatic N) is 2. The Labute approximate surface area is 172 Å². The van der Waals surface area contributed by atoms with Crippen molar-refractivity contribution in [3.63, 3.8) is 0 Å². The molecule has 1 N–H and O–H groups in total. The van der Waals surface area contributed by atoms with E-state index in [0.29, 0.717) is 25.3 Å². The molecule has 3 aromatic rings. The van der Waals surface area contributed by atoms with Crippen LogP contribution < -0.4 is 9.64 Å². The van der Waals surface area contributed by atoms with Gasteiger partial charge in [0.15, 0.2) is 6.10 Å². The summed E-state index contributed by atoms with van der Waals surface area (Å²) in [7, 11) is 0. The van der Waals surface area contributed by atoms with Crippen LogP contribution in [0.15, 0.2) is 30.3 Å². The van der Waals surface area contributed by atoms with Crippen molar-refractivity contribution in [3.8, 4) is 5.75 Å². The first-order chi connectivity index (χ1) is 13.3. The van der Waals surface area contributed by atoms with Crippen LogP contribution in [0.25, 0.3) is 10.2 Å². The average Bonchev–Trinajstić information content (AvgIpc) is 3.01. The standard InChI is InChI=1S/C18H11Cl2FN2O4S/c19-8-3-10(20)17-11(4-8)22-15(28-17)7-23-12-5-9(21)1-2-13(12)27-14(18(23)26)6-16(24)25/h1-5,14H,6-7H2,(H,24,25). The number of anilines is 1. The van der Waals surface area contributed by atoms with Crippen LogP contribution >= 0.6 is 34.5 Å². The third kappa shape index (κ3) is 3.50. The Morgan fingerprint density at radius 2 is 2.11 bits per heavy atom. The quantitative estimate of drug-likeness (QED) is 0.645. The summed E-state index contributed by atoms with van der Waals surface area (Å²) in [4.78, 5) is 29.6. The summed E-state index contributed by atoms with van der Waals surface area (Å²) in [5.74, 6) is -2.07. The minimum atomic E-state index is -1.21. The predicted molar refractivity (Wildman–Crippen MR) is 104 cm³/mol. The highest BCUT2D eigenvalue weighted by Crippen LogP contribution is 2.38. The van der Waals surface area contributed by atoms with E-state index in [1.807, 2.05) is 0 Å². The molecule has 6 nitrogen and oxygen atoms in total. The van der Waals surface area contributed by atoms with Crippen LogP contribution in [0.5, 0.6) is 5.75 Å². The predicted octanol–water partition coefficient (Wildman–Crippen LogP) is 4.51. The number of aliphatic carboxylic acids is 1. The molecule has 1 amide bonds. The van der Waals surface area contributed by atoms with Crippen LogP contribution in [0.4, 0.5) is 10.1 Å². The molecule has 28 heavy (non-hydrogen) atoms. The van der Waals surface area contributed by atoms with Gasteiger partial charge in [0.05, 0.1) is 33.9 Å². The Hall–Kier alpha value is -2.42. The Bertz CT molecular complexity index is 1120. The van der Waals surface area contributed by atoms with Gasteiger partial charge in [-0.1, -0.05) is 23.2 Å². The summed E-state index contributed by atoms with van der Waals surface area (Å²) >= 11 is 13.5. The fourth-order valence-electron chi connectivity index (χ4n) is 2.96. The van der Waals surface area contributed by atoms with Crippen LogP contribution in [-0.4, -0.2) is 28.1 Å². The topological polar surface area (TPSA) is 79.7 Å². The third-order valence-electron chi connectivity index (χ3n) is 4.13. The molecule has 2 aromatic carbocycles. The lowest BCUT2D eigenvalue weighted by molar-refractivity contribution is -0.142. The van der Waals surface area contributed by atoms with E-state index in [1.165, 1.54) is 34.4 Å². The number of fused-ring (bicyclic) bond motifs is 2. The molecule has 1 unspecified atom stereocenters. The first-order valence-corrected chi connectivity index (χ1v) is 9.63. The van der Waals surface area contributed by atoms with Gasteiger partial charge in [-0.25, -0.2) is 9.37 Å². The molecule has 0 saturated carbocycles. The molecule has 0 spiro atoms. The molecule has 4 rings (SSSR count). The number of carbonyl (C=O) groups is 2. The SMILES string of the molecule is O=C(O)CC1Oc2ccc(F)cc2N(Cc2nc3cc(Cl)cc(Cl)c3s2)C1=O. The molecule has 144 valence electrons. The molecule has 1 aromatic heterocycles. The van der Waals surface area contributed by atoms with Gasteiger partial charge in [-0.2, -0.15) is 0 Å². The number of halogens is 3. The van der Waals surface area contributed by atoms with Crippen LogP contribution in [0.3, 0.4) is 0 Å². The monoisotopic (exact) mass is 440 g/mol. The van der Waals surface area contributed by atoms with Gasteiger partial charge in [-0.15, -0.1) is 11.3 Å². The zero-order valence-corrected chi connectivity index (χ0v) is 16.3. The van der Waals surface area contributed by atoms with E-state index in [4.69, 9.17) is 33.0 Å². The second kappa shape index (κ2) is 7.20. The summed E-state index contributed by atoms with van der Waals surface area (Å²) < 4.78 is 20.0. The zero-order chi connectivity index (χ0) is 20.0. The van der Waals surface area contributed by atoms with Gasteiger partial charge in [0.25, 0.3) is 5.91 Å². The van der Waals surface area contributed by atoms with E-state index in [0.717, 1.165) is 0 Å². The van der Waals surface area contributed by atoms with Gasteiger partial charge in [0, 0.05) is 11.1 Å². The molecule has 0 radical (unpaired) electrons. The smallest absolute Gasteiger partial charge is 0.307 e. The molecule has 2 heterocycles. The number of amides is 1. The number of carboxylic acid groups (broad SMARTS) is 1. The largest absolute Gasteiger partial charge is 0.481 e. The normalized spacial score (nSPS) is 16.2. The summed E-state index contributed by atoms with van der Waals surface area (Å²) in [6.45, 7) is 0.0159. The van der Waals surface area contributed by atoms with Gasteiger partial charge in [0.1, 0.15) is 16.6 Å². The van der Waals surface area contributed by atoms with E-state index in [-0.39, 0.29) is 18.0 Å². The van der Waals surface area contributed by atoms with Gasteiger partial charge in [-0.05, 0) is 24.3 Å². The average molecular weight is 441 g/mol. The Kier molecular flexibility index (Phi) is 4.86. The highest BCUT2D eigenvalue weighted by atomic mass is 35.5. The molecule has 1 aliphatic rings. The Morgan fingerprint density at radius 3 is 2.86 bits per heavy atom. The molecular weight excluding hydrogens is 430 g/mol. The van der Waals surface area contributed by atoms with Crippen LogP contribution in [-0.2, 0) is 16.1 Å². The van der Waals surface area contributed by atoms with Crippen molar-refractivity contribution in [2.45, 2.75) is 19.1 Å². The minimum absolute atomic E-state index is 0.0159. The van der Waals surface area contributed by atoms with Crippen molar-refractivity contribution < 1.29 is 23.8 Å². The first-order valence-electron chi connectivity index (χ1n) is 8.05. The number of rotatable bonds is 4. The number of carboxylic acids is 1. The summed E-state index contributed by atoms with van der Waals surface area (Å²) in [6.07, 6.45) is -1.71. The van der Waals surface area contributed by atoms with Crippen molar-refractivity contribution in [2.75, 3.05) is 4.90 Å². The number of hydrogen-bond donors (Lipinski definition) is 1. The summed E-state index contributed by atoms with van der Waals surface area (Å²) in [5.41, 5.74) is 0.801. The minimum Gasteiger partial charge on any atom is -0.481 e. The number of aromatic nitrogens is 1. The second-order valence-corrected chi connectivity index (χ2v) is 8.01.